The number of phenols is 1. The van der Waals surface area contributed by atoms with Crippen molar-refractivity contribution in [3.8, 4) is 5.75 Å². The molecule has 3 aromatic rings. The third-order valence-electron chi connectivity index (χ3n) is 5.38. The maximum atomic E-state index is 13.8. The zero-order chi connectivity index (χ0) is 21.3. The van der Waals surface area contributed by atoms with Crippen LogP contribution in [0.4, 0.5) is 4.39 Å². The van der Waals surface area contributed by atoms with E-state index in [4.69, 9.17) is 11.6 Å². The van der Waals surface area contributed by atoms with Gasteiger partial charge in [-0.2, -0.15) is 0 Å². The molecule has 0 saturated heterocycles. The molecule has 6 heteroatoms. The van der Waals surface area contributed by atoms with Gasteiger partial charge < -0.3 is 15.7 Å². The first-order valence-corrected chi connectivity index (χ1v) is 11.0. The zero-order valence-electron chi connectivity index (χ0n) is 16.4. The summed E-state index contributed by atoms with van der Waals surface area (Å²) in [6, 6.07) is 18.3. The Morgan fingerprint density at radius 2 is 1.87 bits per heavy atom. The number of phenolic OH excluding ortho intramolecular Hbond substituents is 1. The van der Waals surface area contributed by atoms with E-state index in [0.29, 0.717) is 9.50 Å². The van der Waals surface area contributed by atoms with Crippen LogP contribution in [-0.4, -0.2) is 5.11 Å². The first-order valence-electron chi connectivity index (χ1n) is 9.80. The van der Waals surface area contributed by atoms with E-state index in [2.05, 4.69) is 63.8 Å². The molecule has 0 fully saturated rings. The van der Waals surface area contributed by atoms with Gasteiger partial charge in [-0.15, -0.1) is 0 Å². The van der Waals surface area contributed by atoms with Gasteiger partial charge in [0.2, 0.25) is 0 Å². The van der Waals surface area contributed by atoms with Gasteiger partial charge in [0, 0.05) is 22.4 Å². The van der Waals surface area contributed by atoms with Crippen molar-refractivity contribution >= 4 is 33.2 Å². The molecule has 0 aliphatic carbocycles. The Balaban J connectivity index is 1.77. The SMILES string of the molecule is CCc1ccc(C2=CC(c3cc(Cl)ccc3O)[NH2+]C(c3ccc(F)c(Br)c3)N2)cc1. The van der Waals surface area contributed by atoms with E-state index in [1.807, 2.05) is 0 Å². The summed E-state index contributed by atoms with van der Waals surface area (Å²) >= 11 is 9.49. The molecular weight excluding hydrogens is 467 g/mol. The summed E-state index contributed by atoms with van der Waals surface area (Å²) < 4.78 is 14.2. The van der Waals surface area contributed by atoms with Gasteiger partial charge in [0.25, 0.3) is 0 Å². The van der Waals surface area contributed by atoms with Crippen molar-refractivity contribution in [2.75, 3.05) is 0 Å². The first kappa shape index (κ1) is 20.9. The van der Waals surface area contributed by atoms with Gasteiger partial charge in [0.1, 0.15) is 17.6 Å². The fourth-order valence-electron chi connectivity index (χ4n) is 3.69. The Labute approximate surface area is 188 Å². The number of hydrogen-bond acceptors (Lipinski definition) is 2. The van der Waals surface area contributed by atoms with Crippen molar-refractivity contribution in [3.05, 3.63) is 104 Å². The van der Waals surface area contributed by atoms with E-state index in [1.54, 1.807) is 30.3 Å². The lowest BCUT2D eigenvalue weighted by Gasteiger charge is -2.30. The number of rotatable bonds is 4. The predicted octanol–water partition coefficient (Wildman–Crippen LogP) is 5.46. The van der Waals surface area contributed by atoms with Crippen molar-refractivity contribution in [3.63, 3.8) is 0 Å². The van der Waals surface area contributed by atoms with Crippen molar-refractivity contribution in [2.24, 2.45) is 0 Å². The number of quaternary nitrogens is 1. The highest BCUT2D eigenvalue weighted by atomic mass is 79.9. The quantitative estimate of drug-likeness (QED) is 0.457. The number of benzene rings is 3. The summed E-state index contributed by atoms with van der Waals surface area (Å²) in [6.45, 7) is 2.13. The largest absolute Gasteiger partial charge is 0.507 e. The standard InChI is InChI=1S/C24H21BrClFN2O/c1-2-14-3-5-15(6-4-14)21-13-22(18-12-17(26)8-10-23(18)30)29-24(28-21)16-7-9-20(27)19(25)11-16/h3-13,22,24,28-30H,2H2,1H3/p+1. The molecule has 0 bridgehead atoms. The highest BCUT2D eigenvalue weighted by Crippen LogP contribution is 2.31. The van der Waals surface area contributed by atoms with Crippen LogP contribution in [-0.2, 0) is 6.42 Å². The minimum absolute atomic E-state index is 0.167. The highest BCUT2D eigenvalue weighted by molar-refractivity contribution is 9.10. The number of aryl methyl sites for hydroxylation is 1. The molecule has 1 aliphatic heterocycles. The molecule has 1 aliphatic rings. The smallest absolute Gasteiger partial charge is 0.186 e. The lowest BCUT2D eigenvalue weighted by Crippen LogP contribution is -2.89. The monoisotopic (exact) mass is 487 g/mol. The molecule has 4 N–H and O–H groups in total. The zero-order valence-corrected chi connectivity index (χ0v) is 18.7. The molecule has 0 radical (unpaired) electrons. The van der Waals surface area contributed by atoms with Crippen LogP contribution in [0.2, 0.25) is 5.02 Å². The molecule has 154 valence electrons. The van der Waals surface area contributed by atoms with E-state index in [-0.39, 0.29) is 23.8 Å². The highest BCUT2D eigenvalue weighted by Gasteiger charge is 2.30. The Morgan fingerprint density at radius 1 is 1.10 bits per heavy atom. The molecule has 0 amide bonds. The Kier molecular flexibility index (Phi) is 6.14. The van der Waals surface area contributed by atoms with E-state index in [9.17, 15) is 9.50 Å². The van der Waals surface area contributed by atoms with Crippen LogP contribution in [0, 0.1) is 5.82 Å². The van der Waals surface area contributed by atoms with Crippen LogP contribution < -0.4 is 10.6 Å². The molecule has 3 aromatic carbocycles. The molecular formula is C24H22BrClFN2O+. The number of nitrogens with two attached hydrogens (primary N) is 1. The number of hydrogen-bond donors (Lipinski definition) is 3. The van der Waals surface area contributed by atoms with Gasteiger partial charge in [0.05, 0.1) is 10.0 Å². The van der Waals surface area contributed by atoms with Gasteiger partial charge in [-0.25, -0.2) is 4.39 Å². The van der Waals surface area contributed by atoms with Crippen LogP contribution in [0.15, 0.2) is 71.2 Å². The fourth-order valence-corrected chi connectivity index (χ4v) is 4.27. The van der Waals surface area contributed by atoms with Crippen molar-refractivity contribution in [1.82, 2.24) is 5.32 Å². The van der Waals surface area contributed by atoms with Gasteiger partial charge >= 0.3 is 0 Å². The first-order chi connectivity index (χ1) is 14.4. The lowest BCUT2D eigenvalue weighted by atomic mass is 9.97. The molecule has 0 saturated carbocycles. The van der Waals surface area contributed by atoms with Crippen molar-refractivity contribution < 1.29 is 14.8 Å². The van der Waals surface area contributed by atoms with Gasteiger partial charge in [0.15, 0.2) is 6.17 Å². The Hall–Kier alpha value is -2.34. The topological polar surface area (TPSA) is 48.9 Å². The third kappa shape index (κ3) is 4.38. The van der Waals surface area contributed by atoms with Crippen LogP contribution in [0.3, 0.4) is 0 Å². The van der Waals surface area contributed by atoms with E-state index in [1.165, 1.54) is 11.6 Å². The van der Waals surface area contributed by atoms with Crippen LogP contribution in [0.25, 0.3) is 5.70 Å². The van der Waals surface area contributed by atoms with Crippen molar-refractivity contribution in [2.45, 2.75) is 25.6 Å². The average Bonchev–Trinajstić information content (AvgIpc) is 2.77. The van der Waals surface area contributed by atoms with Gasteiger partial charge in [-0.1, -0.05) is 42.8 Å². The minimum Gasteiger partial charge on any atom is -0.507 e. The van der Waals surface area contributed by atoms with Gasteiger partial charge in [-0.3, -0.25) is 0 Å². The van der Waals surface area contributed by atoms with Crippen LogP contribution in [0.5, 0.6) is 5.75 Å². The number of halogens is 3. The summed E-state index contributed by atoms with van der Waals surface area (Å²) in [6.07, 6.45) is 2.89. The second-order valence-corrected chi connectivity index (χ2v) is 8.64. The maximum absolute atomic E-state index is 13.8. The van der Waals surface area contributed by atoms with E-state index in [0.717, 1.165) is 28.8 Å². The van der Waals surface area contributed by atoms with Crippen LogP contribution in [0.1, 0.15) is 41.4 Å². The second kappa shape index (κ2) is 8.80. The minimum atomic E-state index is -0.301. The lowest BCUT2D eigenvalue weighted by molar-refractivity contribution is -0.731. The Bertz CT molecular complexity index is 1100. The van der Waals surface area contributed by atoms with E-state index >= 15 is 0 Å². The third-order valence-corrected chi connectivity index (χ3v) is 6.22. The van der Waals surface area contributed by atoms with Gasteiger partial charge in [-0.05, 0) is 69.9 Å². The molecule has 2 unspecified atom stereocenters. The molecule has 0 spiro atoms. The summed E-state index contributed by atoms with van der Waals surface area (Å²) in [7, 11) is 0. The molecule has 0 aromatic heterocycles. The van der Waals surface area contributed by atoms with Crippen LogP contribution >= 0.6 is 27.5 Å². The molecule has 3 nitrogen and oxygen atoms in total. The molecule has 2 atom stereocenters. The second-order valence-electron chi connectivity index (χ2n) is 7.35. The molecule has 30 heavy (non-hydrogen) atoms. The maximum Gasteiger partial charge on any atom is 0.186 e. The number of nitrogens with one attached hydrogen (secondary N) is 1. The molecule has 1 heterocycles. The Morgan fingerprint density at radius 3 is 2.57 bits per heavy atom. The van der Waals surface area contributed by atoms with Crippen molar-refractivity contribution in [1.29, 1.82) is 0 Å². The molecule has 4 rings (SSSR count). The fraction of sp³-hybridized carbons (Fsp3) is 0.167. The average molecular weight is 489 g/mol. The summed E-state index contributed by atoms with van der Waals surface area (Å²) in [5.74, 6) is -0.108. The van der Waals surface area contributed by atoms with E-state index < -0.39 is 0 Å². The predicted molar refractivity (Wildman–Crippen MR) is 122 cm³/mol. The normalized spacial score (nSPS) is 18.6. The number of aromatic hydroxyl groups is 1. The summed E-state index contributed by atoms with van der Waals surface area (Å²) in [5.41, 5.74) is 4.93. The summed E-state index contributed by atoms with van der Waals surface area (Å²) in [4.78, 5) is 0. The summed E-state index contributed by atoms with van der Waals surface area (Å²) in [5, 5.41) is 16.7.